The van der Waals surface area contributed by atoms with Crippen LogP contribution >= 0.6 is 0 Å². The predicted octanol–water partition coefficient (Wildman–Crippen LogP) is 0.630. The fourth-order valence-corrected chi connectivity index (χ4v) is 2.30. The number of nitrogens with one attached hydrogen (secondary N) is 1. The van der Waals surface area contributed by atoms with E-state index in [-0.39, 0.29) is 30.6 Å². The van der Waals surface area contributed by atoms with Gasteiger partial charge in [-0.3, -0.25) is 9.59 Å². The smallest absolute Gasteiger partial charge is 0.286 e. The lowest BCUT2D eigenvalue weighted by molar-refractivity contribution is -0.132. The van der Waals surface area contributed by atoms with Crippen molar-refractivity contribution in [3.63, 3.8) is 0 Å². The van der Waals surface area contributed by atoms with E-state index in [1.807, 2.05) is 0 Å². The first-order valence-corrected chi connectivity index (χ1v) is 6.91. The standard InChI is InChI=1S/C14H20N2O4/c17-10-11-4-7-16(8-5-11)13(18)3-6-15-14(19)12-2-1-9-20-12/h1-2,9,11,17H,3-8,10H2,(H,15,19). The first kappa shape index (κ1) is 14.6. The van der Waals surface area contributed by atoms with Crippen LogP contribution in [0.4, 0.5) is 0 Å². The van der Waals surface area contributed by atoms with Crippen LogP contribution in [0.2, 0.25) is 0 Å². The summed E-state index contributed by atoms with van der Waals surface area (Å²) in [5.41, 5.74) is 0. The Hall–Kier alpha value is -1.82. The second kappa shape index (κ2) is 7.09. The minimum absolute atomic E-state index is 0.0427. The zero-order chi connectivity index (χ0) is 14.4. The summed E-state index contributed by atoms with van der Waals surface area (Å²) < 4.78 is 4.96. The summed E-state index contributed by atoms with van der Waals surface area (Å²) in [7, 11) is 0. The van der Waals surface area contributed by atoms with Crippen molar-refractivity contribution in [1.29, 1.82) is 0 Å². The number of piperidine rings is 1. The zero-order valence-corrected chi connectivity index (χ0v) is 11.4. The van der Waals surface area contributed by atoms with Gasteiger partial charge < -0.3 is 19.7 Å². The Balaban J connectivity index is 1.67. The highest BCUT2D eigenvalue weighted by Gasteiger charge is 2.22. The van der Waals surface area contributed by atoms with Crippen molar-refractivity contribution in [1.82, 2.24) is 10.2 Å². The Labute approximate surface area is 117 Å². The van der Waals surface area contributed by atoms with Crippen LogP contribution in [0.3, 0.4) is 0 Å². The second-order valence-corrected chi connectivity index (χ2v) is 4.99. The highest BCUT2D eigenvalue weighted by atomic mass is 16.3. The molecule has 1 aromatic rings. The Bertz CT molecular complexity index is 436. The largest absolute Gasteiger partial charge is 0.459 e. The van der Waals surface area contributed by atoms with Crippen molar-refractivity contribution in [2.75, 3.05) is 26.2 Å². The molecule has 0 saturated carbocycles. The van der Waals surface area contributed by atoms with E-state index in [9.17, 15) is 9.59 Å². The van der Waals surface area contributed by atoms with Crippen molar-refractivity contribution >= 4 is 11.8 Å². The highest BCUT2D eigenvalue weighted by molar-refractivity contribution is 5.91. The Morgan fingerprint density at radius 2 is 2.15 bits per heavy atom. The summed E-state index contributed by atoms with van der Waals surface area (Å²) in [6, 6.07) is 3.22. The number of furan rings is 1. The molecule has 0 unspecified atom stereocenters. The van der Waals surface area contributed by atoms with E-state index in [0.717, 1.165) is 12.8 Å². The van der Waals surface area contributed by atoms with Crippen molar-refractivity contribution in [2.45, 2.75) is 19.3 Å². The molecule has 1 saturated heterocycles. The number of hydrogen-bond donors (Lipinski definition) is 2. The van der Waals surface area contributed by atoms with Crippen LogP contribution in [0.15, 0.2) is 22.8 Å². The van der Waals surface area contributed by atoms with E-state index >= 15 is 0 Å². The first-order valence-electron chi connectivity index (χ1n) is 6.91. The van der Waals surface area contributed by atoms with E-state index in [2.05, 4.69) is 5.32 Å². The first-order chi connectivity index (χ1) is 9.70. The Morgan fingerprint density at radius 1 is 1.40 bits per heavy atom. The zero-order valence-electron chi connectivity index (χ0n) is 11.4. The lowest BCUT2D eigenvalue weighted by Gasteiger charge is -2.31. The van der Waals surface area contributed by atoms with E-state index in [4.69, 9.17) is 9.52 Å². The number of amides is 2. The third kappa shape index (κ3) is 3.84. The average molecular weight is 280 g/mol. The minimum Gasteiger partial charge on any atom is -0.459 e. The lowest BCUT2D eigenvalue weighted by Crippen LogP contribution is -2.40. The maximum absolute atomic E-state index is 11.9. The molecule has 0 spiro atoms. The molecule has 0 bridgehead atoms. The van der Waals surface area contributed by atoms with Crippen molar-refractivity contribution in [3.05, 3.63) is 24.2 Å². The molecule has 2 heterocycles. The van der Waals surface area contributed by atoms with Gasteiger partial charge in [0.2, 0.25) is 5.91 Å². The van der Waals surface area contributed by atoms with Gasteiger partial charge in [0, 0.05) is 32.7 Å². The SMILES string of the molecule is O=C(NCCC(=O)N1CCC(CO)CC1)c1ccco1. The summed E-state index contributed by atoms with van der Waals surface area (Å²) in [5.74, 6) is 0.307. The summed E-state index contributed by atoms with van der Waals surface area (Å²) >= 11 is 0. The molecule has 6 heteroatoms. The molecule has 20 heavy (non-hydrogen) atoms. The Kier molecular flexibility index (Phi) is 5.17. The molecule has 1 aliphatic heterocycles. The fourth-order valence-electron chi connectivity index (χ4n) is 2.30. The molecule has 110 valence electrons. The van der Waals surface area contributed by atoms with Gasteiger partial charge in [0.25, 0.3) is 5.91 Å². The van der Waals surface area contributed by atoms with Crippen molar-refractivity contribution < 1.29 is 19.1 Å². The fraction of sp³-hybridized carbons (Fsp3) is 0.571. The third-order valence-corrected chi connectivity index (χ3v) is 3.59. The number of hydrogen-bond acceptors (Lipinski definition) is 4. The van der Waals surface area contributed by atoms with Crippen LogP contribution in [-0.2, 0) is 4.79 Å². The molecule has 1 aliphatic rings. The quantitative estimate of drug-likeness (QED) is 0.828. The highest BCUT2D eigenvalue weighted by Crippen LogP contribution is 2.16. The molecule has 1 fully saturated rings. The van der Waals surface area contributed by atoms with Gasteiger partial charge in [-0.1, -0.05) is 0 Å². The van der Waals surface area contributed by atoms with E-state index in [1.54, 1.807) is 17.0 Å². The predicted molar refractivity (Wildman–Crippen MR) is 72.0 cm³/mol. The topological polar surface area (TPSA) is 82.8 Å². The lowest BCUT2D eigenvalue weighted by atomic mass is 9.98. The monoisotopic (exact) mass is 280 g/mol. The summed E-state index contributed by atoms with van der Waals surface area (Å²) in [4.78, 5) is 25.3. The molecule has 0 radical (unpaired) electrons. The second-order valence-electron chi connectivity index (χ2n) is 4.99. The molecule has 0 aliphatic carbocycles. The van der Waals surface area contributed by atoms with Gasteiger partial charge in [0.15, 0.2) is 5.76 Å². The van der Waals surface area contributed by atoms with Crippen molar-refractivity contribution in [3.8, 4) is 0 Å². The van der Waals surface area contributed by atoms with Crippen LogP contribution in [0.1, 0.15) is 29.8 Å². The molecule has 2 amide bonds. The van der Waals surface area contributed by atoms with Crippen LogP contribution in [-0.4, -0.2) is 48.1 Å². The number of carbonyl (C=O) groups excluding carboxylic acids is 2. The number of aliphatic hydroxyl groups excluding tert-OH is 1. The van der Waals surface area contributed by atoms with Crippen LogP contribution in [0, 0.1) is 5.92 Å². The Morgan fingerprint density at radius 3 is 2.75 bits per heavy atom. The molecular weight excluding hydrogens is 260 g/mol. The number of aliphatic hydroxyl groups is 1. The minimum atomic E-state index is -0.304. The molecule has 2 rings (SSSR count). The van der Waals surface area contributed by atoms with Gasteiger partial charge in [0.1, 0.15) is 0 Å². The maximum atomic E-state index is 11.9. The van der Waals surface area contributed by atoms with E-state index in [0.29, 0.717) is 25.6 Å². The molecule has 0 atom stereocenters. The maximum Gasteiger partial charge on any atom is 0.286 e. The molecule has 1 aromatic heterocycles. The van der Waals surface area contributed by atoms with Gasteiger partial charge >= 0.3 is 0 Å². The van der Waals surface area contributed by atoms with E-state index in [1.165, 1.54) is 6.26 Å². The number of nitrogens with zero attached hydrogens (tertiary/aromatic N) is 1. The summed E-state index contributed by atoms with van der Waals surface area (Å²) in [6.45, 7) is 1.88. The number of carbonyl (C=O) groups is 2. The van der Waals surface area contributed by atoms with Gasteiger partial charge in [-0.25, -0.2) is 0 Å². The van der Waals surface area contributed by atoms with E-state index < -0.39 is 0 Å². The van der Waals surface area contributed by atoms with Crippen LogP contribution < -0.4 is 5.32 Å². The summed E-state index contributed by atoms with van der Waals surface area (Å²) in [6.07, 6.45) is 3.42. The van der Waals surface area contributed by atoms with Crippen LogP contribution in [0.5, 0.6) is 0 Å². The van der Waals surface area contributed by atoms with Gasteiger partial charge in [0.05, 0.1) is 6.26 Å². The average Bonchev–Trinajstić information content (AvgIpc) is 3.01. The number of likely N-dealkylation sites (tertiary alicyclic amines) is 1. The van der Waals surface area contributed by atoms with Gasteiger partial charge in [-0.2, -0.15) is 0 Å². The summed E-state index contributed by atoms with van der Waals surface area (Å²) in [5, 5.41) is 11.7. The van der Waals surface area contributed by atoms with Gasteiger partial charge in [-0.15, -0.1) is 0 Å². The molecular formula is C14H20N2O4. The molecule has 0 aromatic carbocycles. The molecule has 6 nitrogen and oxygen atoms in total. The number of rotatable bonds is 5. The van der Waals surface area contributed by atoms with Crippen LogP contribution in [0.25, 0.3) is 0 Å². The van der Waals surface area contributed by atoms with Crippen molar-refractivity contribution in [2.24, 2.45) is 5.92 Å². The molecule has 2 N–H and O–H groups in total. The van der Waals surface area contributed by atoms with Gasteiger partial charge in [-0.05, 0) is 30.9 Å². The normalized spacial score (nSPS) is 16.1. The third-order valence-electron chi connectivity index (χ3n) is 3.59.